The largest absolute Gasteiger partial charge is 0.385 e. The summed E-state index contributed by atoms with van der Waals surface area (Å²) in [7, 11) is 1.72. The average Bonchev–Trinajstić information content (AvgIpc) is 2.54. The highest BCUT2D eigenvalue weighted by Gasteiger charge is 2.16. The molecular weight excluding hydrogens is 202 g/mol. The first-order chi connectivity index (χ1) is 7.61. The molecule has 1 aromatic heterocycles. The Morgan fingerprint density at radius 1 is 1.44 bits per heavy atom. The van der Waals surface area contributed by atoms with Gasteiger partial charge in [-0.25, -0.2) is 0 Å². The van der Waals surface area contributed by atoms with Crippen LogP contribution in [0.2, 0.25) is 0 Å². The molecule has 0 spiro atoms. The molecule has 0 amide bonds. The summed E-state index contributed by atoms with van der Waals surface area (Å²) in [6.45, 7) is 7.90. The molecule has 1 aromatic rings. The van der Waals surface area contributed by atoms with Gasteiger partial charge in [-0.2, -0.15) is 5.10 Å². The Kier molecular flexibility index (Phi) is 4.96. The minimum atomic E-state index is 0.108. The monoisotopic (exact) mass is 225 g/mol. The molecule has 0 aliphatic heterocycles. The molecule has 0 aromatic carbocycles. The molecule has 1 atom stereocenters. The smallest absolute Gasteiger partial charge is 0.0644 e. The predicted octanol–water partition coefficient (Wildman–Crippen LogP) is 1.95. The molecule has 1 heterocycles. The zero-order valence-electron chi connectivity index (χ0n) is 10.8. The van der Waals surface area contributed by atoms with Gasteiger partial charge >= 0.3 is 0 Å². The summed E-state index contributed by atoms with van der Waals surface area (Å²) in [5, 5.41) is 4.53. The molecule has 4 heteroatoms. The molecule has 0 bridgehead atoms. The van der Waals surface area contributed by atoms with Crippen LogP contribution in [0.15, 0.2) is 0 Å². The fourth-order valence-corrected chi connectivity index (χ4v) is 2.03. The highest BCUT2D eigenvalue weighted by atomic mass is 16.5. The van der Waals surface area contributed by atoms with Crippen LogP contribution in [0.25, 0.3) is 0 Å². The lowest BCUT2D eigenvalue weighted by Gasteiger charge is -2.10. The number of rotatable bonds is 6. The topological polar surface area (TPSA) is 53.1 Å². The summed E-state index contributed by atoms with van der Waals surface area (Å²) >= 11 is 0. The van der Waals surface area contributed by atoms with E-state index < -0.39 is 0 Å². The summed E-state index contributed by atoms with van der Waals surface area (Å²) in [6.07, 6.45) is 1.94. The van der Waals surface area contributed by atoms with Gasteiger partial charge in [-0.15, -0.1) is 0 Å². The number of aromatic nitrogens is 2. The fourth-order valence-electron chi connectivity index (χ4n) is 2.03. The SMILES string of the molecule is CCC(N)c1c(C)nn(CCCOC)c1C. The van der Waals surface area contributed by atoms with E-state index in [1.807, 2.05) is 11.6 Å². The van der Waals surface area contributed by atoms with Crippen molar-refractivity contribution >= 4 is 0 Å². The van der Waals surface area contributed by atoms with Crippen LogP contribution in [0.3, 0.4) is 0 Å². The van der Waals surface area contributed by atoms with Gasteiger partial charge in [0.05, 0.1) is 5.69 Å². The Balaban J connectivity index is 2.80. The van der Waals surface area contributed by atoms with E-state index in [-0.39, 0.29) is 6.04 Å². The van der Waals surface area contributed by atoms with Crippen LogP contribution in [0.4, 0.5) is 0 Å². The van der Waals surface area contributed by atoms with Crippen LogP contribution in [-0.2, 0) is 11.3 Å². The molecule has 0 aliphatic carbocycles. The van der Waals surface area contributed by atoms with Gasteiger partial charge in [0.1, 0.15) is 0 Å². The third-order valence-electron chi connectivity index (χ3n) is 2.97. The molecule has 4 nitrogen and oxygen atoms in total. The summed E-state index contributed by atoms with van der Waals surface area (Å²) in [6, 6.07) is 0.108. The first-order valence-corrected chi connectivity index (χ1v) is 5.90. The first-order valence-electron chi connectivity index (χ1n) is 5.90. The van der Waals surface area contributed by atoms with Gasteiger partial charge < -0.3 is 10.5 Å². The van der Waals surface area contributed by atoms with Gasteiger partial charge in [0.25, 0.3) is 0 Å². The number of hydrogen-bond acceptors (Lipinski definition) is 3. The predicted molar refractivity (Wildman–Crippen MR) is 65.4 cm³/mol. The second kappa shape index (κ2) is 6.01. The lowest BCUT2D eigenvalue weighted by Crippen LogP contribution is -2.11. The Bertz CT molecular complexity index is 333. The molecule has 2 N–H and O–H groups in total. The quantitative estimate of drug-likeness (QED) is 0.753. The standard InChI is InChI=1S/C12H23N3O/c1-5-11(13)12-9(2)14-15(10(12)3)7-6-8-16-4/h11H,5-8,13H2,1-4H3. The van der Waals surface area contributed by atoms with Crippen molar-refractivity contribution in [3.8, 4) is 0 Å². The van der Waals surface area contributed by atoms with Gasteiger partial charge in [0.2, 0.25) is 0 Å². The van der Waals surface area contributed by atoms with Crippen LogP contribution < -0.4 is 5.73 Å². The van der Waals surface area contributed by atoms with Crippen LogP contribution in [0.1, 0.15) is 42.8 Å². The number of aryl methyl sites for hydroxylation is 2. The van der Waals surface area contributed by atoms with Crippen molar-refractivity contribution in [1.82, 2.24) is 9.78 Å². The number of ether oxygens (including phenoxy) is 1. The molecule has 92 valence electrons. The van der Waals surface area contributed by atoms with Crippen LogP contribution in [-0.4, -0.2) is 23.5 Å². The average molecular weight is 225 g/mol. The number of methoxy groups -OCH3 is 1. The van der Waals surface area contributed by atoms with Crippen molar-refractivity contribution in [2.24, 2.45) is 5.73 Å². The summed E-state index contributed by atoms with van der Waals surface area (Å²) in [5.41, 5.74) is 9.55. The summed E-state index contributed by atoms with van der Waals surface area (Å²) in [4.78, 5) is 0. The zero-order valence-corrected chi connectivity index (χ0v) is 10.8. The molecule has 1 unspecified atom stereocenters. The Morgan fingerprint density at radius 3 is 2.69 bits per heavy atom. The van der Waals surface area contributed by atoms with Crippen LogP contribution in [0, 0.1) is 13.8 Å². The molecular formula is C12H23N3O. The van der Waals surface area contributed by atoms with E-state index in [1.54, 1.807) is 7.11 Å². The van der Waals surface area contributed by atoms with Gasteiger partial charge in [-0.3, -0.25) is 4.68 Å². The normalized spacial score (nSPS) is 13.1. The Morgan fingerprint density at radius 2 is 2.12 bits per heavy atom. The van der Waals surface area contributed by atoms with Crippen molar-refractivity contribution in [3.05, 3.63) is 17.0 Å². The highest BCUT2D eigenvalue weighted by molar-refractivity contribution is 5.27. The molecule has 16 heavy (non-hydrogen) atoms. The summed E-state index contributed by atoms with van der Waals surface area (Å²) < 4.78 is 7.08. The van der Waals surface area contributed by atoms with Gasteiger partial charge in [-0.05, 0) is 26.7 Å². The van der Waals surface area contributed by atoms with E-state index in [0.29, 0.717) is 0 Å². The van der Waals surface area contributed by atoms with Crippen molar-refractivity contribution in [2.75, 3.05) is 13.7 Å². The maximum Gasteiger partial charge on any atom is 0.0644 e. The zero-order chi connectivity index (χ0) is 12.1. The number of nitrogens with two attached hydrogens (primary N) is 1. The molecule has 0 saturated carbocycles. The second-order valence-corrected chi connectivity index (χ2v) is 4.17. The fraction of sp³-hybridized carbons (Fsp3) is 0.750. The lowest BCUT2D eigenvalue weighted by atomic mass is 10.0. The minimum absolute atomic E-state index is 0.108. The highest BCUT2D eigenvalue weighted by Crippen LogP contribution is 2.22. The molecule has 0 radical (unpaired) electrons. The van der Waals surface area contributed by atoms with Crippen LogP contribution >= 0.6 is 0 Å². The van der Waals surface area contributed by atoms with E-state index in [9.17, 15) is 0 Å². The van der Waals surface area contributed by atoms with Crippen molar-refractivity contribution in [3.63, 3.8) is 0 Å². The number of nitrogens with zero attached hydrogens (tertiary/aromatic N) is 2. The van der Waals surface area contributed by atoms with E-state index in [1.165, 1.54) is 11.3 Å². The maximum absolute atomic E-state index is 6.09. The lowest BCUT2D eigenvalue weighted by molar-refractivity contribution is 0.188. The summed E-state index contributed by atoms with van der Waals surface area (Å²) in [5.74, 6) is 0. The maximum atomic E-state index is 6.09. The van der Waals surface area contributed by atoms with Gasteiger partial charge in [0, 0.05) is 37.6 Å². The van der Waals surface area contributed by atoms with Gasteiger partial charge in [-0.1, -0.05) is 6.92 Å². The van der Waals surface area contributed by atoms with Gasteiger partial charge in [0.15, 0.2) is 0 Å². The van der Waals surface area contributed by atoms with Crippen LogP contribution in [0.5, 0.6) is 0 Å². The molecule has 0 saturated heterocycles. The second-order valence-electron chi connectivity index (χ2n) is 4.17. The first kappa shape index (κ1) is 13.2. The third kappa shape index (κ3) is 2.83. The van der Waals surface area contributed by atoms with Crippen molar-refractivity contribution < 1.29 is 4.74 Å². The Labute approximate surface area is 97.8 Å². The van der Waals surface area contributed by atoms with E-state index in [0.717, 1.165) is 31.7 Å². The van der Waals surface area contributed by atoms with E-state index in [4.69, 9.17) is 10.5 Å². The molecule has 1 rings (SSSR count). The Hall–Kier alpha value is -0.870. The van der Waals surface area contributed by atoms with E-state index >= 15 is 0 Å². The van der Waals surface area contributed by atoms with Crippen molar-refractivity contribution in [2.45, 2.75) is 46.2 Å². The molecule has 0 fully saturated rings. The van der Waals surface area contributed by atoms with E-state index in [2.05, 4.69) is 18.9 Å². The van der Waals surface area contributed by atoms with Crippen molar-refractivity contribution in [1.29, 1.82) is 0 Å². The number of hydrogen-bond donors (Lipinski definition) is 1. The third-order valence-corrected chi connectivity index (χ3v) is 2.97. The molecule has 0 aliphatic rings. The minimum Gasteiger partial charge on any atom is -0.385 e.